The number of hydrogen-bond donors (Lipinski definition) is 0. The summed E-state index contributed by atoms with van der Waals surface area (Å²) in [5, 5.41) is 0. The molecule has 23 heavy (non-hydrogen) atoms. The van der Waals surface area contributed by atoms with E-state index < -0.39 is 24.4 Å². The molecule has 0 spiro atoms. The standard InChI is InChI=1S/C15H16F3NO4/c1-19-4-3-8-5-10-13(23-7-22-10)14(21-2)12(8)9(19)6-11(20)15(16,17)18/h5,9H,3-4,6-7H2,1-2H3/t9-/m1/s1. The number of ketones is 1. The lowest BCUT2D eigenvalue weighted by molar-refractivity contribution is -0.172. The van der Waals surface area contributed by atoms with Gasteiger partial charge in [-0.05, 0) is 25.1 Å². The van der Waals surface area contributed by atoms with Crippen LogP contribution < -0.4 is 14.2 Å². The molecule has 0 N–H and O–H groups in total. The molecule has 1 aromatic rings. The smallest absolute Gasteiger partial charge is 0.450 e. The second-order valence-corrected chi connectivity index (χ2v) is 5.59. The van der Waals surface area contributed by atoms with E-state index in [1.165, 1.54) is 7.11 Å². The Morgan fingerprint density at radius 1 is 1.43 bits per heavy atom. The molecule has 2 aliphatic heterocycles. The molecule has 1 atom stereocenters. The molecule has 0 fully saturated rings. The second-order valence-electron chi connectivity index (χ2n) is 5.59. The van der Waals surface area contributed by atoms with E-state index in [0.717, 1.165) is 5.56 Å². The number of methoxy groups -OCH3 is 1. The van der Waals surface area contributed by atoms with E-state index >= 15 is 0 Å². The first kappa shape index (κ1) is 15.9. The summed E-state index contributed by atoms with van der Waals surface area (Å²) in [6.45, 7) is 0.585. The number of nitrogens with zero attached hydrogens (tertiary/aromatic N) is 1. The number of Topliss-reactive ketones (excluding diaryl/α,β-unsaturated/α-hetero) is 1. The van der Waals surface area contributed by atoms with E-state index in [0.29, 0.717) is 35.8 Å². The molecule has 2 heterocycles. The maximum Gasteiger partial charge on any atom is 0.450 e. The highest BCUT2D eigenvalue weighted by Crippen LogP contribution is 2.50. The molecule has 0 radical (unpaired) electrons. The van der Waals surface area contributed by atoms with Crippen LogP contribution in [-0.2, 0) is 11.2 Å². The molecule has 0 aliphatic carbocycles. The molecule has 2 aliphatic rings. The normalized spacial score (nSPS) is 20.3. The molecule has 126 valence electrons. The van der Waals surface area contributed by atoms with Gasteiger partial charge in [0.15, 0.2) is 11.5 Å². The van der Waals surface area contributed by atoms with Crippen molar-refractivity contribution in [3.63, 3.8) is 0 Å². The van der Waals surface area contributed by atoms with Gasteiger partial charge in [-0.1, -0.05) is 0 Å². The summed E-state index contributed by atoms with van der Waals surface area (Å²) in [5.74, 6) is -0.500. The predicted octanol–water partition coefficient (Wildman–Crippen LogP) is 2.47. The number of carbonyl (C=O) groups excluding carboxylic acids is 1. The van der Waals surface area contributed by atoms with E-state index in [1.54, 1.807) is 18.0 Å². The fourth-order valence-electron chi connectivity index (χ4n) is 3.07. The molecule has 8 heteroatoms. The van der Waals surface area contributed by atoms with E-state index in [-0.39, 0.29) is 6.79 Å². The van der Waals surface area contributed by atoms with Crippen LogP contribution in [0.15, 0.2) is 6.07 Å². The van der Waals surface area contributed by atoms with E-state index in [9.17, 15) is 18.0 Å². The van der Waals surface area contributed by atoms with Crippen molar-refractivity contribution >= 4 is 5.78 Å². The van der Waals surface area contributed by atoms with Gasteiger partial charge in [0.25, 0.3) is 0 Å². The van der Waals surface area contributed by atoms with Gasteiger partial charge in [-0.3, -0.25) is 9.69 Å². The average molecular weight is 331 g/mol. The number of rotatable bonds is 3. The van der Waals surface area contributed by atoms with Crippen molar-refractivity contribution in [2.75, 3.05) is 27.5 Å². The largest absolute Gasteiger partial charge is 0.492 e. The third-order valence-electron chi connectivity index (χ3n) is 4.24. The lowest BCUT2D eigenvalue weighted by Gasteiger charge is -2.35. The number of likely N-dealkylation sites (N-methyl/N-ethyl adjacent to an activating group) is 1. The monoisotopic (exact) mass is 331 g/mol. The van der Waals surface area contributed by atoms with E-state index in [1.807, 2.05) is 0 Å². The topological polar surface area (TPSA) is 48.0 Å². The van der Waals surface area contributed by atoms with Gasteiger partial charge < -0.3 is 14.2 Å². The van der Waals surface area contributed by atoms with Gasteiger partial charge in [-0.2, -0.15) is 13.2 Å². The highest BCUT2D eigenvalue weighted by atomic mass is 19.4. The number of alkyl halides is 3. The van der Waals surface area contributed by atoms with Gasteiger partial charge in [-0.25, -0.2) is 0 Å². The molecular weight excluding hydrogens is 315 g/mol. The highest BCUT2D eigenvalue weighted by molar-refractivity contribution is 5.85. The van der Waals surface area contributed by atoms with Gasteiger partial charge >= 0.3 is 6.18 Å². The molecule has 0 unspecified atom stereocenters. The summed E-state index contributed by atoms with van der Waals surface area (Å²) in [4.78, 5) is 13.2. The number of halogens is 3. The van der Waals surface area contributed by atoms with Gasteiger partial charge in [0.1, 0.15) is 0 Å². The zero-order valence-electron chi connectivity index (χ0n) is 12.7. The zero-order valence-corrected chi connectivity index (χ0v) is 12.7. The first-order chi connectivity index (χ1) is 10.8. The predicted molar refractivity (Wildman–Crippen MR) is 73.9 cm³/mol. The molecule has 0 bridgehead atoms. The van der Waals surface area contributed by atoms with Gasteiger partial charge in [0.2, 0.25) is 18.3 Å². The molecule has 0 saturated carbocycles. The third kappa shape index (κ3) is 2.71. The van der Waals surface area contributed by atoms with Crippen LogP contribution in [-0.4, -0.2) is 44.4 Å². The van der Waals surface area contributed by atoms with Crippen LogP contribution >= 0.6 is 0 Å². The summed E-state index contributed by atoms with van der Waals surface area (Å²) in [6.07, 6.45) is -4.86. The Bertz CT molecular complexity index is 645. The number of carbonyl (C=O) groups is 1. The van der Waals surface area contributed by atoms with Gasteiger partial charge in [-0.15, -0.1) is 0 Å². The minimum atomic E-state index is -4.85. The molecule has 3 rings (SSSR count). The second kappa shape index (κ2) is 5.59. The Kier molecular flexibility index (Phi) is 3.87. The Morgan fingerprint density at radius 3 is 2.83 bits per heavy atom. The van der Waals surface area contributed by atoms with Crippen molar-refractivity contribution in [3.8, 4) is 17.2 Å². The fourth-order valence-corrected chi connectivity index (χ4v) is 3.07. The maximum atomic E-state index is 12.7. The van der Waals surface area contributed by atoms with Crippen molar-refractivity contribution in [2.45, 2.75) is 25.1 Å². The SMILES string of the molecule is COc1c2c(cc3c1[C@@H](CC(=O)C(F)(F)F)N(C)CC3)OCO2. The number of benzene rings is 1. The first-order valence-electron chi connectivity index (χ1n) is 7.12. The Morgan fingerprint density at radius 2 is 2.17 bits per heavy atom. The van der Waals surface area contributed by atoms with Crippen LogP contribution in [0.5, 0.6) is 17.2 Å². The Balaban J connectivity index is 2.05. The maximum absolute atomic E-state index is 12.7. The molecule has 0 aromatic heterocycles. The third-order valence-corrected chi connectivity index (χ3v) is 4.24. The summed E-state index contributed by atoms with van der Waals surface area (Å²) in [7, 11) is 3.12. The van der Waals surface area contributed by atoms with Crippen LogP contribution in [0.4, 0.5) is 13.2 Å². The number of hydrogen-bond acceptors (Lipinski definition) is 5. The molecule has 1 aromatic carbocycles. The average Bonchev–Trinajstić information content (AvgIpc) is 2.94. The lowest BCUT2D eigenvalue weighted by atomic mass is 9.88. The van der Waals surface area contributed by atoms with Crippen molar-refractivity contribution in [2.24, 2.45) is 0 Å². The van der Waals surface area contributed by atoms with Gasteiger partial charge in [0, 0.05) is 24.6 Å². The van der Waals surface area contributed by atoms with Crippen molar-refractivity contribution in [1.82, 2.24) is 4.90 Å². The first-order valence-corrected chi connectivity index (χ1v) is 7.12. The van der Waals surface area contributed by atoms with Crippen molar-refractivity contribution in [1.29, 1.82) is 0 Å². The van der Waals surface area contributed by atoms with Crippen molar-refractivity contribution in [3.05, 3.63) is 17.2 Å². The summed E-state index contributed by atoms with van der Waals surface area (Å²) in [5.41, 5.74) is 1.40. The van der Waals surface area contributed by atoms with Crippen LogP contribution in [0.1, 0.15) is 23.6 Å². The Labute approximate surface area is 130 Å². The summed E-state index contributed by atoms with van der Waals surface area (Å²) >= 11 is 0. The highest BCUT2D eigenvalue weighted by Gasteiger charge is 2.42. The van der Waals surface area contributed by atoms with Crippen LogP contribution in [0.2, 0.25) is 0 Å². The van der Waals surface area contributed by atoms with Gasteiger partial charge in [0.05, 0.1) is 7.11 Å². The quantitative estimate of drug-likeness (QED) is 0.852. The summed E-state index contributed by atoms with van der Waals surface area (Å²) in [6, 6.07) is 1.05. The molecular formula is C15H16F3NO4. The number of ether oxygens (including phenoxy) is 3. The zero-order chi connectivity index (χ0) is 16.8. The van der Waals surface area contributed by atoms with E-state index in [2.05, 4.69) is 0 Å². The molecule has 5 nitrogen and oxygen atoms in total. The fraction of sp³-hybridized carbons (Fsp3) is 0.533. The van der Waals surface area contributed by atoms with Crippen molar-refractivity contribution < 1.29 is 32.2 Å². The minimum Gasteiger partial charge on any atom is -0.492 e. The van der Waals surface area contributed by atoms with Crippen LogP contribution in [0.25, 0.3) is 0 Å². The minimum absolute atomic E-state index is 0.0383. The summed E-state index contributed by atoms with van der Waals surface area (Å²) < 4.78 is 54.1. The molecule has 0 amide bonds. The molecule has 0 saturated heterocycles. The van der Waals surface area contributed by atoms with Crippen LogP contribution in [0, 0.1) is 0 Å². The Hall–Kier alpha value is -1.96. The van der Waals surface area contributed by atoms with Crippen LogP contribution in [0.3, 0.4) is 0 Å². The lowest BCUT2D eigenvalue weighted by Crippen LogP contribution is -2.36. The van der Waals surface area contributed by atoms with E-state index in [4.69, 9.17) is 14.2 Å². The number of fused-ring (bicyclic) bond motifs is 2.